The molecule has 0 bridgehead atoms. The predicted octanol–water partition coefficient (Wildman–Crippen LogP) is 4.09. The van der Waals surface area contributed by atoms with Crippen LogP contribution in [0.5, 0.6) is 0 Å². The Morgan fingerprint density at radius 3 is 2.81 bits per heavy atom. The number of unbranched alkanes of at least 4 members (excludes halogenated alkanes) is 3. The zero-order valence-corrected chi connectivity index (χ0v) is 17.1. The van der Waals surface area contributed by atoms with Gasteiger partial charge in [-0.1, -0.05) is 44.8 Å². The number of ether oxygens (including phenoxy) is 1. The van der Waals surface area contributed by atoms with E-state index in [-0.39, 0.29) is 24.1 Å². The van der Waals surface area contributed by atoms with Crippen LogP contribution in [0.4, 0.5) is 0 Å². The molecular weight excluding hydrogens is 348 g/mol. The Kier molecular flexibility index (Phi) is 9.51. The highest BCUT2D eigenvalue weighted by molar-refractivity contribution is 8.00. The summed E-state index contributed by atoms with van der Waals surface area (Å²) in [6.45, 7) is 2.17. The summed E-state index contributed by atoms with van der Waals surface area (Å²) in [5, 5.41) is 21.7. The molecule has 2 rings (SSSR count). The lowest BCUT2D eigenvalue weighted by Crippen LogP contribution is -2.19. The predicted molar refractivity (Wildman–Crippen MR) is 107 cm³/mol. The van der Waals surface area contributed by atoms with E-state index in [0.717, 1.165) is 51.4 Å². The quantitative estimate of drug-likeness (QED) is 0.319. The van der Waals surface area contributed by atoms with Crippen molar-refractivity contribution in [2.45, 2.75) is 93.8 Å². The number of fused-ring (bicyclic) bond motifs is 1. The Labute approximate surface area is 162 Å². The lowest BCUT2D eigenvalue weighted by Gasteiger charge is -2.18. The van der Waals surface area contributed by atoms with Crippen LogP contribution in [0, 0.1) is 11.8 Å². The maximum absolute atomic E-state index is 11.2. The fourth-order valence-electron chi connectivity index (χ4n) is 4.33. The topological polar surface area (TPSA) is 66.8 Å². The monoisotopic (exact) mass is 384 g/mol. The molecule has 1 aliphatic heterocycles. The molecule has 0 radical (unpaired) electrons. The number of rotatable bonds is 11. The second-order valence-electron chi connectivity index (χ2n) is 7.85. The molecule has 0 unspecified atom stereocenters. The SMILES string of the molecule is CCCCC[C@H](O)/C=C/[C@@H]1[C@H]2C[C@H](CCCCC(=O)OC)S[C@@H]2C[C@H]1O. The summed E-state index contributed by atoms with van der Waals surface area (Å²) in [5.74, 6) is 0.597. The lowest BCUT2D eigenvalue weighted by molar-refractivity contribution is -0.140. The van der Waals surface area contributed by atoms with E-state index >= 15 is 0 Å². The van der Waals surface area contributed by atoms with E-state index in [9.17, 15) is 15.0 Å². The molecule has 2 fully saturated rings. The molecule has 1 heterocycles. The zero-order chi connectivity index (χ0) is 18.9. The molecule has 1 saturated heterocycles. The minimum absolute atomic E-state index is 0.119. The van der Waals surface area contributed by atoms with Crippen molar-refractivity contribution in [1.29, 1.82) is 0 Å². The molecule has 6 atom stereocenters. The minimum Gasteiger partial charge on any atom is -0.469 e. The van der Waals surface area contributed by atoms with Gasteiger partial charge in [-0.15, -0.1) is 0 Å². The van der Waals surface area contributed by atoms with Crippen LogP contribution in [-0.4, -0.2) is 46.0 Å². The number of aliphatic hydroxyl groups is 2. The van der Waals surface area contributed by atoms with Crippen molar-refractivity contribution in [1.82, 2.24) is 0 Å². The van der Waals surface area contributed by atoms with Gasteiger partial charge in [0, 0.05) is 22.8 Å². The summed E-state index contributed by atoms with van der Waals surface area (Å²) >= 11 is 2.03. The number of methoxy groups -OCH3 is 1. The van der Waals surface area contributed by atoms with Gasteiger partial charge in [0.15, 0.2) is 0 Å². The van der Waals surface area contributed by atoms with Gasteiger partial charge in [0.05, 0.1) is 19.3 Å². The largest absolute Gasteiger partial charge is 0.469 e. The molecule has 2 aliphatic rings. The molecule has 4 nitrogen and oxygen atoms in total. The molecule has 2 N–H and O–H groups in total. The van der Waals surface area contributed by atoms with Gasteiger partial charge in [-0.3, -0.25) is 4.79 Å². The van der Waals surface area contributed by atoms with Gasteiger partial charge in [-0.2, -0.15) is 11.8 Å². The van der Waals surface area contributed by atoms with Crippen molar-refractivity contribution >= 4 is 17.7 Å². The molecule has 0 aromatic carbocycles. The molecule has 26 heavy (non-hydrogen) atoms. The van der Waals surface area contributed by atoms with E-state index < -0.39 is 0 Å². The summed E-state index contributed by atoms with van der Waals surface area (Å²) in [5.41, 5.74) is 0. The fourth-order valence-corrected chi connectivity index (χ4v) is 6.26. The summed E-state index contributed by atoms with van der Waals surface area (Å²) in [6.07, 6.45) is 13.2. The van der Waals surface area contributed by atoms with Gasteiger partial charge in [-0.05, 0) is 38.0 Å². The van der Waals surface area contributed by atoms with Crippen LogP contribution in [-0.2, 0) is 9.53 Å². The Hall–Kier alpha value is -0.520. The number of hydrogen-bond donors (Lipinski definition) is 2. The number of esters is 1. The van der Waals surface area contributed by atoms with Crippen LogP contribution in [0.25, 0.3) is 0 Å². The number of hydrogen-bond acceptors (Lipinski definition) is 5. The van der Waals surface area contributed by atoms with Crippen molar-refractivity contribution in [2.24, 2.45) is 11.8 Å². The molecule has 0 spiro atoms. The van der Waals surface area contributed by atoms with Gasteiger partial charge in [0.2, 0.25) is 0 Å². The average molecular weight is 385 g/mol. The first-order chi connectivity index (χ1) is 12.5. The van der Waals surface area contributed by atoms with Crippen LogP contribution in [0.3, 0.4) is 0 Å². The summed E-state index contributed by atoms with van der Waals surface area (Å²) in [4.78, 5) is 11.2. The zero-order valence-electron chi connectivity index (χ0n) is 16.3. The van der Waals surface area contributed by atoms with Gasteiger partial charge in [0.25, 0.3) is 0 Å². The summed E-state index contributed by atoms with van der Waals surface area (Å²) in [6, 6.07) is 0. The van der Waals surface area contributed by atoms with Crippen molar-refractivity contribution in [3.63, 3.8) is 0 Å². The maximum atomic E-state index is 11.2. The van der Waals surface area contributed by atoms with E-state index in [0.29, 0.717) is 22.8 Å². The number of thioether (sulfide) groups is 1. The maximum Gasteiger partial charge on any atom is 0.305 e. The second-order valence-corrected chi connectivity index (χ2v) is 9.39. The van der Waals surface area contributed by atoms with E-state index in [1.807, 2.05) is 17.8 Å². The van der Waals surface area contributed by atoms with Gasteiger partial charge in [0.1, 0.15) is 0 Å². The summed E-state index contributed by atoms with van der Waals surface area (Å²) < 4.78 is 4.69. The number of carbonyl (C=O) groups excluding carboxylic acids is 1. The first-order valence-electron chi connectivity index (χ1n) is 10.3. The molecular formula is C21H36O4S. The van der Waals surface area contributed by atoms with Crippen LogP contribution in [0.1, 0.15) is 71.1 Å². The minimum atomic E-state index is -0.379. The first-order valence-corrected chi connectivity index (χ1v) is 11.3. The second kappa shape index (κ2) is 11.4. The highest BCUT2D eigenvalue weighted by Crippen LogP contribution is 2.52. The average Bonchev–Trinajstić information content (AvgIpc) is 3.13. The van der Waals surface area contributed by atoms with Crippen molar-refractivity contribution in [2.75, 3.05) is 7.11 Å². The van der Waals surface area contributed by atoms with E-state index in [1.54, 1.807) is 0 Å². The summed E-state index contributed by atoms with van der Waals surface area (Å²) in [7, 11) is 1.44. The lowest BCUT2D eigenvalue weighted by atomic mass is 9.89. The van der Waals surface area contributed by atoms with Gasteiger partial charge < -0.3 is 14.9 Å². The first kappa shape index (κ1) is 21.8. The Morgan fingerprint density at radius 2 is 2.08 bits per heavy atom. The van der Waals surface area contributed by atoms with Gasteiger partial charge in [-0.25, -0.2) is 0 Å². The normalized spacial score (nSPS) is 32.1. The van der Waals surface area contributed by atoms with E-state index in [1.165, 1.54) is 13.5 Å². The number of aliphatic hydroxyl groups excluding tert-OH is 2. The standard InChI is InChI=1S/C21H36O4S/c1-3-4-5-8-15(22)11-12-17-18-13-16(26-20(18)14-19(17)23)9-6-7-10-21(24)25-2/h11-12,15-20,22-23H,3-10,13-14H2,1-2H3/b12-11+/t15-,16-,17+,18+,19+,20+/m0/s1. The molecule has 1 saturated carbocycles. The molecule has 1 aliphatic carbocycles. The third-order valence-corrected chi connectivity index (χ3v) is 7.54. The molecule has 150 valence electrons. The molecule has 0 aromatic rings. The van der Waals surface area contributed by atoms with Crippen LogP contribution >= 0.6 is 11.8 Å². The van der Waals surface area contributed by atoms with Crippen LogP contribution in [0.15, 0.2) is 12.2 Å². The van der Waals surface area contributed by atoms with Crippen molar-refractivity contribution in [3.8, 4) is 0 Å². The number of carbonyl (C=O) groups is 1. The third kappa shape index (κ3) is 6.58. The van der Waals surface area contributed by atoms with E-state index in [2.05, 4.69) is 17.7 Å². The van der Waals surface area contributed by atoms with Crippen molar-refractivity contribution < 1.29 is 19.7 Å². The Bertz CT molecular complexity index is 453. The molecule has 0 aromatic heterocycles. The van der Waals surface area contributed by atoms with Gasteiger partial charge >= 0.3 is 5.97 Å². The smallest absolute Gasteiger partial charge is 0.305 e. The Balaban J connectivity index is 1.74. The van der Waals surface area contributed by atoms with Crippen molar-refractivity contribution in [3.05, 3.63) is 12.2 Å². The Morgan fingerprint density at radius 1 is 1.27 bits per heavy atom. The fraction of sp³-hybridized carbons (Fsp3) is 0.857. The third-order valence-electron chi connectivity index (χ3n) is 5.84. The highest BCUT2D eigenvalue weighted by Gasteiger charge is 2.47. The highest BCUT2D eigenvalue weighted by atomic mass is 32.2. The molecule has 0 amide bonds. The van der Waals surface area contributed by atoms with E-state index in [4.69, 9.17) is 0 Å². The molecule has 5 heteroatoms. The van der Waals surface area contributed by atoms with Crippen LogP contribution < -0.4 is 0 Å². The van der Waals surface area contributed by atoms with Crippen LogP contribution in [0.2, 0.25) is 0 Å².